The molecule has 0 atom stereocenters. The van der Waals surface area contributed by atoms with Crippen LogP contribution in [0.15, 0.2) is 30.6 Å². The summed E-state index contributed by atoms with van der Waals surface area (Å²) >= 11 is 0. The van der Waals surface area contributed by atoms with Crippen LogP contribution in [0, 0.1) is 5.82 Å². The lowest BCUT2D eigenvalue weighted by atomic mass is 10.2. The molecule has 0 spiro atoms. The van der Waals surface area contributed by atoms with Gasteiger partial charge in [-0.25, -0.2) is 4.39 Å². The summed E-state index contributed by atoms with van der Waals surface area (Å²) in [7, 11) is 0. The normalized spacial score (nSPS) is 16.2. The number of piperazine rings is 1. The molecule has 1 aromatic heterocycles. The lowest BCUT2D eigenvalue weighted by Gasteiger charge is -2.36. The first-order valence-corrected chi connectivity index (χ1v) is 7.69. The molecule has 118 valence electrons. The second-order valence-electron chi connectivity index (χ2n) is 5.68. The number of anilines is 2. The van der Waals surface area contributed by atoms with Crippen LogP contribution in [-0.4, -0.2) is 40.9 Å². The number of hydrogen-bond donors (Lipinski definition) is 1. The van der Waals surface area contributed by atoms with E-state index in [0.29, 0.717) is 11.4 Å². The maximum atomic E-state index is 14.0. The number of nitrogens with zero attached hydrogens (tertiary/aromatic N) is 4. The monoisotopic (exact) mass is 303 g/mol. The van der Waals surface area contributed by atoms with E-state index in [0.717, 1.165) is 39.3 Å². The van der Waals surface area contributed by atoms with Crippen LogP contribution < -0.4 is 10.6 Å². The van der Waals surface area contributed by atoms with Crippen LogP contribution in [0.2, 0.25) is 0 Å². The van der Waals surface area contributed by atoms with E-state index in [1.54, 1.807) is 12.1 Å². The Kier molecular flexibility index (Phi) is 4.29. The van der Waals surface area contributed by atoms with Gasteiger partial charge in [0.15, 0.2) is 0 Å². The quantitative estimate of drug-likeness (QED) is 0.877. The molecule has 5 nitrogen and oxygen atoms in total. The zero-order chi connectivity index (χ0) is 15.5. The Morgan fingerprint density at radius 2 is 2.00 bits per heavy atom. The van der Waals surface area contributed by atoms with E-state index in [9.17, 15) is 4.39 Å². The van der Waals surface area contributed by atoms with Crippen molar-refractivity contribution in [3.8, 4) is 0 Å². The van der Waals surface area contributed by atoms with Crippen LogP contribution in [0.1, 0.15) is 12.5 Å². The highest BCUT2D eigenvalue weighted by Gasteiger charge is 2.19. The Morgan fingerprint density at radius 3 is 2.64 bits per heavy atom. The van der Waals surface area contributed by atoms with Gasteiger partial charge in [0.05, 0.1) is 11.9 Å². The van der Waals surface area contributed by atoms with Gasteiger partial charge in [-0.15, -0.1) is 0 Å². The van der Waals surface area contributed by atoms with Crippen molar-refractivity contribution >= 4 is 11.4 Å². The standard InChI is InChI=1S/C16H22FN5/c1-2-22-12-13(10-19-22)11-20-5-7-21(8-6-20)16-4-3-14(18)9-15(16)17/h3-4,9-10,12H,2,5-8,11,18H2,1H3. The van der Waals surface area contributed by atoms with Crippen molar-refractivity contribution in [2.24, 2.45) is 0 Å². The molecule has 1 aromatic carbocycles. The minimum absolute atomic E-state index is 0.238. The van der Waals surface area contributed by atoms with E-state index < -0.39 is 0 Å². The molecule has 1 saturated heterocycles. The summed E-state index contributed by atoms with van der Waals surface area (Å²) in [6.45, 7) is 7.35. The maximum Gasteiger partial charge on any atom is 0.148 e. The Bertz CT molecular complexity index is 631. The van der Waals surface area contributed by atoms with E-state index in [-0.39, 0.29) is 5.82 Å². The summed E-state index contributed by atoms with van der Waals surface area (Å²) in [5.41, 5.74) is 7.95. The highest BCUT2D eigenvalue weighted by molar-refractivity contribution is 5.54. The van der Waals surface area contributed by atoms with Crippen LogP contribution >= 0.6 is 0 Å². The lowest BCUT2D eigenvalue weighted by Crippen LogP contribution is -2.46. The fraction of sp³-hybridized carbons (Fsp3) is 0.438. The van der Waals surface area contributed by atoms with Gasteiger partial charge in [0.25, 0.3) is 0 Å². The van der Waals surface area contributed by atoms with E-state index >= 15 is 0 Å². The molecule has 2 heterocycles. The summed E-state index contributed by atoms with van der Waals surface area (Å²) in [6, 6.07) is 4.91. The van der Waals surface area contributed by atoms with Crippen LogP contribution in [-0.2, 0) is 13.1 Å². The maximum absolute atomic E-state index is 14.0. The second-order valence-corrected chi connectivity index (χ2v) is 5.68. The molecule has 0 bridgehead atoms. The summed E-state index contributed by atoms with van der Waals surface area (Å²) in [5, 5.41) is 4.30. The first-order chi connectivity index (χ1) is 10.7. The Morgan fingerprint density at radius 1 is 1.23 bits per heavy atom. The third kappa shape index (κ3) is 3.22. The molecule has 3 rings (SSSR count). The van der Waals surface area contributed by atoms with Crippen LogP contribution in [0.3, 0.4) is 0 Å². The Labute approximate surface area is 130 Å². The van der Waals surface area contributed by atoms with Crippen LogP contribution in [0.25, 0.3) is 0 Å². The SMILES string of the molecule is CCn1cc(CN2CCN(c3ccc(N)cc3F)CC2)cn1. The Hall–Kier alpha value is -2.08. The van der Waals surface area contributed by atoms with Gasteiger partial charge in [0.1, 0.15) is 5.82 Å². The third-order valence-electron chi connectivity index (χ3n) is 4.10. The number of nitrogen functional groups attached to an aromatic ring is 1. The predicted molar refractivity (Wildman–Crippen MR) is 86.2 cm³/mol. The molecule has 0 unspecified atom stereocenters. The van der Waals surface area contributed by atoms with Gasteiger partial charge in [0.2, 0.25) is 0 Å². The molecular formula is C16H22FN5. The molecular weight excluding hydrogens is 281 g/mol. The molecule has 1 fully saturated rings. The largest absolute Gasteiger partial charge is 0.399 e. The van der Waals surface area contributed by atoms with Gasteiger partial charge in [-0.1, -0.05) is 0 Å². The molecule has 0 amide bonds. The number of aromatic nitrogens is 2. The molecule has 1 aliphatic heterocycles. The van der Waals surface area contributed by atoms with E-state index in [1.807, 2.05) is 10.9 Å². The molecule has 2 N–H and O–H groups in total. The van der Waals surface area contributed by atoms with Crippen molar-refractivity contribution in [1.29, 1.82) is 0 Å². The molecule has 6 heteroatoms. The molecule has 22 heavy (non-hydrogen) atoms. The molecule has 0 radical (unpaired) electrons. The minimum Gasteiger partial charge on any atom is -0.399 e. The molecule has 1 aliphatic rings. The van der Waals surface area contributed by atoms with Gasteiger partial charge < -0.3 is 10.6 Å². The third-order valence-corrected chi connectivity index (χ3v) is 4.10. The zero-order valence-corrected chi connectivity index (χ0v) is 12.9. The van der Waals surface area contributed by atoms with Crippen molar-refractivity contribution < 1.29 is 4.39 Å². The smallest absolute Gasteiger partial charge is 0.148 e. The Balaban J connectivity index is 1.58. The average Bonchev–Trinajstić information content (AvgIpc) is 2.96. The van der Waals surface area contributed by atoms with Crippen LogP contribution in [0.4, 0.5) is 15.8 Å². The summed E-state index contributed by atoms with van der Waals surface area (Å²) in [4.78, 5) is 4.46. The van der Waals surface area contributed by atoms with Crippen molar-refractivity contribution in [2.75, 3.05) is 36.8 Å². The van der Waals surface area contributed by atoms with E-state index in [4.69, 9.17) is 5.73 Å². The second kappa shape index (κ2) is 6.36. The first-order valence-electron chi connectivity index (χ1n) is 7.69. The first kappa shape index (κ1) is 14.8. The average molecular weight is 303 g/mol. The minimum atomic E-state index is -0.238. The summed E-state index contributed by atoms with van der Waals surface area (Å²) in [6.07, 6.45) is 4.02. The zero-order valence-electron chi connectivity index (χ0n) is 12.9. The topological polar surface area (TPSA) is 50.3 Å². The summed E-state index contributed by atoms with van der Waals surface area (Å²) < 4.78 is 15.9. The highest BCUT2D eigenvalue weighted by atomic mass is 19.1. The molecule has 2 aromatic rings. The fourth-order valence-electron chi connectivity index (χ4n) is 2.85. The number of nitrogens with two attached hydrogens (primary N) is 1. The molecule has 0 aliphatic carbocycles. The van der Waals surface area contributed by atoms with Crippen LogP contribution in [0.5, 0.6) is 0 Å². The number of halogens is 1. The molecule has 0 saturated carbocycles. The van der Waals surface area contributed by atoms with Crippen molar-refractivity contribution in [1.82, 2.24) is 14.7 Å². The summed E-state index contributed by atoms with van der Waals surface area (Å²) in [5.74, 6) is -0.238. The van der Waals surface area contributed by atoms with Gasteiger partial charge in [0, 0.05) is 56.7 Å². The van der Waals surface area contributed by atoms with Crippen molar-refractivity contribution in [3.63, 3.8) is 0 Å². The number of aryl methyl sites for hydroxylation is 1. The van der Waals surface area contributed by atoms with Crippen molar-refractivity contribution in [2.45, 2.75) is 20.0 Å². The van der Waals surface area contributed by atoms with Gasteiger partial charge >= 0.3 is 0 Å². The number of hydrogen-bond acceptors (Lipinski definition) is 4. The lowest BCUT2D eigenvalue weighted by molar-refractivity contribution is 0.249. The van der Waals surface area contributed by atoms with Gasteiger partial charge in [-0.2, -0.15) is 5.10 Å². The number of rotatable bonds is 4. The highest BCUT2D eigenvalue weighted by Crippen LogP contribution is 2.23. The van der Waals surface area contributed by atoms with E-state index in [1.165, 1.54) is 11.6 Å². The van der Waals surface area contributed by atoms with Crippen molar-refractivity contribution in [3.05, 3.63) is 42.0 Å². The fourth-order valence-corrected chi connectivity index (χ4v) is 2.85. The van der Waals surface area contributed by atoms with E-state index in [2.05, 4.69) is 28.0 Å². The predicted octanol–water partition coefficient (Wildman–Crippen LogP) is 1.95. The number of benzene rings is 1. The van der Waals surface area contributed by atoms with Gasteiger partial charge in [-0.05, 0) is 25.1 Å². The van der Waals surface area contributed by atoms with Gasteiger partial charge in [-0.3, -0.25) is 9.58 Å².